The van der Waals surface area contributed by atoms with Crippen LogP contribution in [-0.2, 0) is 16.1 Å². The Balaban J connectivity index is 1.82. The molecule has 0 aliphatic heterocycles. The Hall–Kier alpha value is -4.27. The SMILES string of the molecule is CCOc1cccc(N(C(=O)Cn2nnc3ccccc32)[C@@H](C(=O)NC(C)(C)CC)c2cccnc2)c1. The molecule has 0 spiro atoms. The molecule has 2 aromatic heterocycles. The van der Waals surface area contributed by atoms with Gasteiger partial charge in [0.25, 0.3) is 0 Å². The van der Waals surface area contributed by atoms with E-state index in [0.717, 1.165) is 11.9 Å². The van der Waals surface area contributed by atoms with Gasteiger partial charge < -0.3 is 10.1 Å². The number of fused-ring (bicyclic) bond motifs is 1. The van der Waals surface area contributed by atoms with Gasteiger partial charge in [-0.3, -0.25) is 19.5 Å². The Kier molecular flexibility index (Phi) is 7.81. The molecular formula is C28H32N6O3. The number of pyridine rings is 1. The minimum Gasteiger partial charge on any atom is -0.494 e. The maximum absolute atomic E-state index is 14.1. The molecule has 0 saturated heterocycles. The lowest BCUT2D eigenvalue weighted by Gasteiger charge is -2.34. The van der Waals surface area contributed by atoms with Gasteiger partial charge in [-0.05, 0) is 57.5 Å². The van der Waals surface area contributed by atoms with E-state index in [4.69, 9.17) is 4.74 Å². The third-order valence-corrected chi connectivity index (χ3v) is 6.23. The van der Waals surface area contributed by atoms with E-state index in [-0.39, 0.29) is 18.4 Å². The van der Waals surface area contributed by atoms with Crippen molar-refractivity contribution in [2.45, 2.75) is 52.2 Å². The number of carbonyl (C=O) groups excluding carboxylic acids is 2. The van der Waals surface area contributed by atoms with E-state index in [1.54, 1.807) is 47.4 Å². The molecular weight excluding hydrogens is 468 g/mol. The van der Waals surface area contributed by atoms with Crippen LogP contribution in [0.2, 0.25) is 0 Å². The summed E-state index contributed by atoms with van der Waals surface area (Å²) in [5.74, 6) is -0.0377. The van der Waals surface area contributed by atoms with Crippen molar-refractivity contribution in [3.8, 4) is 5.75 Å². The van der Waals surface area contributed by atoms with E-state index in [0.29, 0.717) is 29.1 Å². The number of rotatable bonds is 10. The van der Waals surface area contributed by atoms with Crippen LogP contribution in [0.5, 0.6) is 5.75 Å². The van der Waals surface area contributed by atoms with E-state index in [2.05, 4.69) is 20.6 Å². The lowest BCUT2D eigenvalue weighted by Crippen LogP contribution is -2.51. The number of carbonyl (C=O) groups is 2. The van der Waals surface area contributed by atoms with Crippen LogP contribution in [0.15, 0.2) is 73.1 Å². The molecule has 4 rings (SSSR count). The van der Waals surface area contributed by atoms with Crippen LogP contribution in [0, 0.1) is 0 Å². The van der Waals surface area contributed by atoms with Crippen molar-refractivity contribution in [3.05, 3.63) is 78.6 Å². The molecule has 2 amide bonds. The summed E-state index contributed by atoms with van der Waals surface area (Å²) in [5, 5.41) is 11.5. The van der Waals surface area contributed by atoms with Crippen LogP contribution in [0.25, 0.3) is 11.0 Å². The Morgan fingerprint density at radius 1 is 1.08 bits per heavy atom. The zero-order valence-corrected chi connectivity index (χ0v) is 21.6. The van der Waals surface area contributed by atoms with Gasteiger partial charge in [-0.2, -0.15) is 0 Å². The average molecular weight is 501 g/mol. The molecule has 9 nitrogen and oxygen atoms in total. The normalized spacial score (nSPS) is 12.2. The molecule has 2 heterocycles. The molecule has 2 aromatic carbocycles. The van der Waals surface area contributed by atoms with Crippen molar-refractivity contribution < 1.29 is 14.3 Å². The molecule has 0 fully saturated rings. The number of benzene rings is 2. The van der Waals surface area contributed by atoms with E-state index < -0.39 is 11.6 Å². The summed E-state index contributed by atoms with van der Waals surface area (Å²) in [5.41, 5.74) is 2.06. The number of hydrogen-bond acceptors (Lipinski definition) is 6. The molecule has 9 heteroatoms. The predicted octanol–water partition coefficient (Wildman–Crippen LogP) is 4.30. The Labute approximate surface area is 216 Å². The molecule has 1 N–H and O–H groups in total. The summed E-state index contributed by atoms with van der Waals surface area (Å²) >= 11 is 0. The quantitative estimate of drug-likeness (QED) is 0.348. The number of nitrogens with one attached hydrogen (secondary N) is 1. The van der Waals surface area contributed by atoms with Gasteiger partial charge >= 0.3 is 0 Å². The van der Waals surface area contributed by atoms with E-state index in [9.17, 15) is 9.59 Å². The van der Waals surface area contributed by atoms with Gasteiger partial charge in [0, 0.05) is 35.2 Å². The van der Waals surface area contributed by atoms with Crippen LogP contribution in [0.1, 0.15) is 45.7 Å². The van der Waals surface area contributed by atoms with E-state index in [1.807, 2.05) is 58.0 Å². The maximum atomic E-state index is 14.1. The van der Waals surface area contributed by atoms with Crippen molar-refractivity contribution >= 4 is 28.5 Å². The summed E-state index contributed by atoms with van der Waals surface area (Å²) in [4.78, 5) is 33.7. The summed E-state index contributed by atoms with van der Waals surface area (Å²) in [6.07, 6.45) is 3.97. The third kappa shape index (κ3) is 5.94. The molecule has 37 heavy (non-hydrogen) atoms. The number of ether oxygens (including phenoxy) is 1. The van der Waals surface area contributed by atoms with Gasteiger partial charge in [0.2, 0.25) is 11.8 Å². The van der Waals surface area contributed by atoms with Gasteiger partial charge in [0.1, 0.15) is 23.9 Å². The van der Waals surface area contributed by atoms with Crippen LogP contribution in [-0.4, -0.2) is 43.9 Å². The minimum atomic E-state index is -0.973. The molecule has 0 aliphatic carbocycles. The Morgan fingerprint density at radius 3 is 2.62 bits per heavy atom. The Morgan fingerprint density at radius 2 is 1.89 bits per heavy atom. The third-order valence-electron chi connectivity index (χ3n) is 6.23. The number of hydrogen-bond donors (Lipinski definition) is 1. The van der Waals surface area contributed by atoms with Gasteiger partial charge in [-0.1, -0.05) is 36.4 Å². The summed E-state index contributed by atoms with van der Waals surface area (Å²) in [6, 6.07) is 17.2. The highest BCUT2D eigenvalue weighted by Gasteiger charge is 2.35. The highest BCUT2D eigenvalue weighted by Crippen LogP contribution is 2.31. The molecule has 0 bridgehead atoms. The fourth-order valence-corrected chi connectivity index (χ4v) is 4.01. The van der Waals surface area contributed by atoms with Gasteiger partial charge in [0.05, 0.1) is 12.1 Å². The van der Waals surface area contributed by atoms with Crippen LogP contribution < -0.4 is 15.0 Å². The highest BCUT2D eigenvalue weighted by molar-refractivity contribution is 6.01. The molecule has 0 saturated carbocycles. The monoisotopic (exact) mass is 500 g/mol. The maximum Gasteiger partial charge on any atom is 0.249 e. The Bertz CT molecular complexity index is 1370. The zero-order valence-electron chi connectivity index (χ0n) is 21.6. The van der Waals surface area contributed by atoms with Crippen LogP contribution >= 0.6 is 0 Å². The van der Waals surface area contributed by atoms with Crippen molar-refractivity contribution in [2.75, 3.05) is 11.5 Å². The first kappa shape index (κ1) is 25.8. The minimum absolute atomic E-state index is 0.111. The van der Waals surface area contributed by atoms with Crippen LogP contribution in [0.4, 0.5) is 5.69 Å². The number of nitrogens with zero attached hydrogens (tertiary/aromatic N) is 5. The summed E-state index contributed by atoms with van der Waals surface area (Å²) in [6.45, 7) is 8.16. The lowest BCUT2D eigenvalue weighted by atomic mass is 9.99. The molecule has 192 valence electrons. The predicted molar refractivity (Wildman–Crippen MR) is 142 cm³/mol. The largest absolute Gasteiger partial charge is 0.494 e. The second kappa shape index (κ2) is 11.2. The molecule has 4 aromatic rings. The summed E-state index contributed by atoms with van der Waals surface area (Å²) < 4.78 is 7.25. The molecule has 0 radical (unpaired) electrons. The van der Waals surface area contributed by atoms with E-state index >= 15 is 0 Å². The number of para-hydroxylation sites is 1. The van der Waals surface area contributed by atoms with Crippen LogP contribution in [0.3, 0.4) is 0 Å². The molecule has 0 aliphatic rings. The zero-order chi connectivity index (χ0) is 26.4. The topological polar surface area (TPSA) is 102 Å². The standard InChI is InChI=1S/C28H32N6O3/c1-5-28(3,4)30-27(36)26(20-11-10-16-29-18-20)34(21-12-9-13-22(17-21)37-6-2)25(35)19-33-24-15-8-7-14-23(24)31-32-33/h7-18,26H,5-6,19H2,1-4H3,(H,30,36)/t26-/m1/s1. The summed E-state index contributed by atoms with van der Waals surface area (Å²) in [7, 11) is 0. The van der Waals surface area contributed by atoms with Gasteiger partial charge in [-0.25, -0.2) is 4.68 Å². The average Bonchev–Trinajstić information content (AvgIpc) is 3.30. The van der Waals surface area contributed by atoms with Gasteiger partial charge in [-0.15, -0.1) is 5.10 Å². The lowest BCUT2D eigenvalue weighted by molar-refractivity contribution is -0.128. The first-order valence-electron chi connectivity index (χ1n) is 12.4. The smallest absolute Gasteiger partial charge is 0.249 e. The number of amides is 2. The first-order valence-corrected chi connectivity index (χ1v) is 12.4. The van der Waals surface area contributed by atoms with Crippen molar-refractivity contribution in [1.82, 2.24) is 25.3 Å². The van der Waals surface area contributed by atoms with Crippen molar-refractivity contribution in [3.63, 3.8) is 0 Å². The second-order valence-electron chi connectivity index (χ2n) is 9.35. The van der Waals surface area contributed by atoms with Crippen molar-refractivity contribution in [2.24, 2.45) is 0 Å². The molecule has 1 atom stereocenters. The first-order chi connectivity index (χ1) is 17.8. The number of anilines is 1. The molecule has 0 unspecified atom stereocenters. The fraction of sp³-hybridized carbons (Fsp3) is 0.321. The highest BCUT2D eigenvalue weighted by atomic mass is 16.5. The van der Waals surface area contributed by atoms with Gasteiger partial charge in [0.15, 0.2) is 0 Å². The second-order valence-corrected chi connectivity index (χ2v) is 9.35. The van der Waals surface area contributed by atoms with E-state index in [1.165, 1.54) is 4.90 Å². The van der Waals surface area contributed by atoms with Crippen molar-refractivity contribution in [1.29, 1.82) is 0 Å². The fourth-order valence-electron chi connectivity index (χ4n) is 4.01. The number of aromatic nitrogens is 4.